The van der Waals surface area contributed by atoms with Gasteiger partial charge >= 0.3 is 0 Å². The van der Waals surface area contributed by atoms with E-state index in [0.717, 1.165) is 56.2 Å². The van der Waals surface area contributed by atoms with Gasteiger partial charge in [0.2, 0.25) is 0 Å². The number of aromatic nitrogens is 1. The van der Waals surface area contributed by atoms with Crippen LogP contribution in [-0.4, -0.2) is 49.3 Å². The normalized spacial score (nSPS) is 23.6. The summed E-state index contributed by atoms with van der Waals surface area (Å²) in [6, 6.07) is 1.84. The van der Waals surface area contributed by atoms with E-state index in [0.29, 0.717) is 0 Å². The molecule has 2 rings (SSSR count). The van der Waals surface area contributed by atoms with Crippen molar-refractivity contribution in [1.29, 1.82) is 0 Å². The summed E-state index contributed by atoms with van der Waals surface area (Å²) in [7, 11) is 3.33. The maximum atomic E-state index is 5.49. The van der Waals surface area contributed by atoms with E-state index in [1.807, 2.05) is 6.07 Å². The Balaban J connectivity index is 2.17. The van der Waals surface area contributed by atoms with E-state index < -0.39 is 0 Å². The third-order valence-corrected chi connectivity index (χ3v) is 4.30. The minimum Gasteiger partial charge on any atom is -0.493 e. The first-order chi connectivity index (χ1) is 10.1. The third-order valence-electron chi connectivity index (χ3n) is 4.30. The quantitative estimate of drug-likeness (QED) is 0.900. The first-order valence-electron chi connectivity index (χ1n) is 7.65. The van der Waals surface area contributed by atoms with Crippen molar-refractivity contribution < 1.29 is 9.47 Å². The Kier molecular flexibility index (Phi) is 5.42. The lowest BCUT2D eigenvalue weighted by Gasteiger charge is -2.32. The molecule has 118 valence electrons. The molecule has 1 saturated heterocycles. The molecule has 1 aliphatic heterocycles. The molecule has 2 heterocycles. The maximum Gasteiger partial charge on any atom is 0.183 e. The Morgan fingerprint density at radius 3 is 2.86 bits per heavy atom. The molecular weight excluding hydrogens is 266 g/mol. The molecule has 5 heteroatoms. The van der Waals surface area contributed by atoms with E-state index in [4.69, 9.17) is 9.47 Å². The van der Waals surface area contributed by atoms with Crippen LogP contribution in [-0.2, 0) is 6.54 Å². The Morgan fingerprint density at radius 1 is 1.38 bits per heavy atom. The molecule has 1 N–H and O–H groups in total. The zero-order chi connectivity index (χ0) is 15.3. The highest BCUT2D eigenvalue weighted by Gasteiger charge is 2.28. The van der Waals surface area contributed by atoms with E-state index in [1.165, 1.54) is 0 Å². The van der Waals surface area contributed by atoms with E-state index in [9.17, 15) is 0 Å². The topological polar surface area (TPSA) is 46.6 Å². The van der Waals surface area contributed by atoms with Crippen LogP contribution in [0.25, 0.3) is 0 Å². The van der Waals surface area contributed by atoms with Gasteiger partial charge in [0.1, 0.15) is 5.69 Å². The molecule has 5 nitrogen and oxygen atoms in total. The first-order valence-corrected chi connectivity index (χ1v) is 7.65. The standard InChI is InChI=1S/C16H27N3O2/c1-5-16(2)12-19(10-6-8-18-16)11-13-15(21-4)14(20-3)7-9-17-13/h7,9,18H,5-6,8,10-12H2,1-4H3. The number of nitrogens with zero attached hydrogens (tertiary/aromatic N) is 2. The molecule has 0 aliphatic carbocycles. The third kappa shape index (κ3) is 3.86. The van der Waals surface area contributed by atoms with Crippen LogP contribution in [0.3, 0.4) is 0 Å². The van der Waals surface area contributed by atoms with Gasteiger partial charge in [0.05, 0.1) is 14.2 Å². The lowest BCUT2D eigenvalue weighted by molar-refractivity contribution is 0.203. The fourth-order valence-electron chi connectivity index (χ4n) is 2.87. The van der Waals surface area contributed by atoms with E-state index in [2.05, 4.69) is 29.0 Å². The second kappa shape index (κ2) is 7.09. The average molecular weight is 293 g/mol. The van der Waals surface area contributed by atoms with Gasteiger partial charge in [0.15, 0.2) is 11.5 Å². The fourth-order valence-corrected chi connectivity index (χ4v) is 2.87. The van der Waals surface area contributed by atoms with Crippen LogP contribution >= 0.6 is 0 Å². The van der Waals surface area contributed by atoms with Crippen molar-refractivity contribution >= 4 is 0 Å². The minimum atomic E-state index is 0.169. The summed E-state index contributed by atoms with van der Waals surface area (Å²) in [5.41, 5.74) is 1.11. The Morgan fingerprint density at radius 2 is 2.19 bits per heavy atom. The smallest absolute Gasteiger partial charge is 0.183 e. The van der Waals surface area contributed by atoms with Crippen LogP contribution in [0, 0.1) is 0 Å². The van der Waals surface area contributed by atoms with Gasteiger partial charge in [-0.05, 0) is 32.9 Å². The Bertz CT molecular complexity index is 467. The fraction of sp³-hybridized carbons (Fsp3) is 0.688. The Labute approximate surface area is 127 Å². The zero-order valence-corrected chi connectivity index (χ0v) is 13.6. The SMILES string of the molecule is CCC1(C)CN(Cc2nccc(OC)c2OC)CCCN1. The van der Waals surface area contributed by atoms with Gasteiger partial charge in [-0.15, -0.1) is 0 Å². The molecule has 0 radical (unpaired) electrons. The lowest BCUT2D eigenvalue weighted by atomic mass is 9.98. The Hall–Kier alpha value is -1.33. The molecule has 0 amide bonds. The van der Waals surface area contributed by atoms with Crippen LogP contribution in [0.1, 0.15) is 32.4 Å². The summed E-state index contributed by atoms with van der Waals surface area (Å²) < 4.78 is 10.8. The predicted molar refractivity (Wildman–Crippen MR) is 83.9 cm³/mol. The summed E-state index contributed by atoms with van der Waals surface area (Å²) in [5, 5.41) is 3.66. The molecule has 1 aromatic rings. The summed E-state index contributed by atoms with van der Waals surface area (Å²) in [6.07, 6.45) is 4.06. The number of methoxy groups -OCH3 is 2. The second-order valence-corrected chi connectivity index (χ2v) is 5.90. The molecule has 0 bridgehead atoms. The zero-order valence-electron chi connectivity index (χ0n) is 13.6. The molecule has 21 heavy (non-hydrogen) atoms. The van der Waals surface area contributed by atoms with E-state index in [-0.39, 0.29) is 5.54 Å². The highest BCUT2D eigenvalue weighted by molar-refractivity contribution is 5.42. The number of pyridine rings is 1. The molecule has 1 fully saturated rings. The molecule has 0 saturated carbocycles. The van der Waals surface area contributed by atoms with Crippen molar-refractivity contribution in [2.24, 2.45) is 0 Å². The van der Waals surface area contributed by atoms with Gasteiger partial charge in [-0.3, -0.25) is 9.88 Å². The molecule has 0 spiro atoms. The molecular formula is C16H27N3O2. The molecule has 0 aromatic carbocycles. The molecule has 1 atom stereocenters. The lowest BCUT2D eigenvalue weighted by Crippen LogP contribution is -2.48. The predicted octanol–water partition coefficient (Wildman–Crippen LogP) is 2.06. The molecule has 1 aromatic heterocycles. The second-order valence-electron chi connectivity index (χ2n) is 5.90. The number of ether oxygens (including phenoxy) is 2. The number of nitrogens with one attached hydrogen (secondary N) is 1. The van der Waals surface area contributed by atoms with E-state index >= 15 is 0 Å². The van der Waals surface area contributed by atoms with Crippen LogP contribution in [0.2, 0.25) is 0 Å². The molecule has 1 aliphatic rings. The molecule has 1 unspecified atom stereocenters. The largest absolute Gasteiger partial charge is 0.493 e. The van der Waals surface area contributed by atoms with Crippen molar-refractivity contribution in [3.05, 3.63) is 18.0 Å². The first kappa shape index (κ1) is 16.0. The van der Waals surface area contributed by atoms with Crippen molar-refractivity contribution in [1.82, 2.24) is 15.2 Å². The highest BCUT2D eigenvalue weighted by atomic mass is 16.5. The summed E-state index contributed by atoms with van der Waals surface area (Å²) in [6.45, 7) is 8.49. The van der Waals surface area contributed by atoms with E-state index in [1.54, 1.807) is 20.4 Å². The van der Waals surface area contributed by atoms with Gasteiger partial charge < -0.3 is 14.8 Å². The van der Waals surface area contributed by atoms with Crippen LogP contribution < -0.4 is 14.8 Å². The summed E-state index contributed by atoms with van der Waals surface area (Å²) in [4.78, 5) is 6.94. The average Bonchev–Trinajstić information content (AvgIpc) is 2.69. The number of hydrogen-bond acceptors (Lipinski definition) is 5. The van der Waals surface area contributed by atoms with Crippen LogP contribution in [0.15, 0.2) is 12.3 Å². The van der Waals surface area contributed by atoms with Crippen LogP contribution in [0.4, 0.5) is 0 Å². The monoisotopic (exact) mass is 293 g/mol. The minimum absolute atomic E-state index is 0.169. The van der Waals surface area contributed by atoms with Gasteiger partial charge in [0, 0.05) is 30.9 Å². The summed E-state index contributed by atoms with van der Waals surface area (Å²) >= 11 is 0. The van der Waals surface area contributed by atoms with Crippen molar-refractivity contribution in [2.45, 2.75) is 38.8 Å². The highest BCUT2D eigenvalue weighted by Crippen LogP contribution is 2.30. The van der Waals surface area contributed by atoms with Gasteiger partial charge in [-0.2, -0.15) is 0 Å². The van der Waals surface area contributed by atoms with Gasteiger partial charge in [0.25, 0.3) is 0 Å². The van der Waals surface area contributed by atoms with Gasteiger partial charge in [-0.25, -0.2) is 0 Å². The number of hydrogen-bond donors (Lipinski definition) is 1. The number of rotatable bonds is 5. The van der Waals surface area contributed by atoms with Crippen molar-refractivity contribution in [3.8, 4) is 11.5 Å². The van der Waals surface area contributed by atoms with Crippen LogP contribution in [0.5, 0.6) is 11.5 Å². The maximum absolute atomic E-state index is 5.49. The van der Waals surface area contributed by atoms with Crippen molar-refractivity contribution in [3.63, 3.8) is 0 Å². The summed E-state index contributed by atoms with van der Waals surface area (Å²) in [5.74, 6) is 1.49. The van der Waals surface area contributed by atoms with Gasteiger partial charge in [-0.1, -0.05) is 6.92 Å². The van der Waals surface area contributed by atoms with Crippen molar-refractivity contribution in [2.75, 3.05) is 33.9 Å².